The highest BCUT2D eigenvalue weighted by atomic mass is 32.2. The molecule has 0 unspecified atom stereocenters. The maximum atomic E-state index is 12.5. The van der Waals surface area contributed by atoms with Gasteiger partial charge >= 0.3 is 0 Å². The summed E-state index contributed by atoms with van der Waals surface area (Å²) in [4.78, 5) is 12.5. The van der Waals surface area contributed by atoms with Crippen LogP contribution in [0.15, 0.2) is 35.5 Å². The number of carbonyl (C=O) groups excluding carboxylic acids is 1. The van der Waals surface area contributed by atoms with E-state index in [1.807, 2.05) is 18.2 Å². The molecule has 0 radical (unpaired) electrons. The molecule has 3 saturated carbocycles. The van der Waals surface area contributed by atoms with Gasteiger partial charge in [0.15, 0.2) is 5.16 Å². The number of carbonyl (C=O) groups is 1. The number of rotatable bonds is 8. The van der Waals surface area contributed by atoms with Crippen molar-refractivity contribution < 1.29 is 4.79 Å². The number of nitrogens with one attached hydrogen (secondary N) is 1. The summed E-state index contributed by atoms with van der Waals surface area (Å²) in [5, 5.41) is 12.9. The monoisotopic (exact) mass is 368 g/mol. The highest BCUT2D eigenvalue weighted by Gasteiger charge is 2.42. The number of benzene rings is 1. The van der Waals surface area contributed by atoms with Crippen LogP contribution in [-0.4, -0.2) is 32.5 Å². The first-order chi connectivity index (χ1) is 12.8. The lowest BCUT2D eigenvalue weighted by molar-refractivity contribution is -0.119. The van der Waals surface area contributed by atoms with Crippen LogP contribution in [0.25, 0.3) is 5.69 Å². The summed E-state index contributed by atoms with van der Waals surface area (Å²) in [5.41, 5.74) is 1.08. The summed E-state index contributed by atoms with van der Waals surface area (Å²) in [6.45, 7) is 0. The Kier molecular flexibility index (Phi) is 4.23. The van der Waals surface area contributed by atoms with E-state index in [9.17, 15) is 4.79 Å². The van der Waals surface area contributed by atoms with Crippen molar-refractivity contribution in [2.45, 2.75) is 55.6 Å². The Bertz CT molecular complexity index is 781. The lowest BCUT2D eigenvalue weighted by Crippen LogP contribution is -2.39. The minimum Gasteiger partial charge on any atom is -0.352 e. The first-order valence-corrected chi connectivity index (χ1v) is 10.7. The molecular formula is C20H24N4OS. The van der Waals surface area contributed by atoms with Crippen LogP contribution in [0.4, 0.5) is 0 Å². The second-order valence-corrected chi connectivity index (χ2v) is 8.79. The van der Waals surface area contributed by atoms with Gasteiger partial charge in [-0.05, 0) is 62.5 Å². The lowest BCUT2D eigenvalue weighted by atomic mass is 10.1. The smallest absolute Gasteiger partial charge is 0.230 e. The van der Waals surface area contributed by atoms with E-state index in [-0.39, 0.29) is 5.91 Å². The third kappa shape index (κ3) is 3.52. The van der Waals surface area contributed by atoms with Crippen LogP contribution in [0.3, 0.4) is 0 Å². The van der Waals surface area contributed by atoms with Gasteiger partial charge in [-0.15, -0.1) is 10.2 Å². The van der Waals surface area contributed by atoms with Gasteiger partial charge in [-0.3, -0.25) is 9.36 Å². The summed E-state index contributed by atoms with van der Waals surface area (Å²) in [5.74, 6) is 3.55. The van der Waals surface area contributed by atoms with Gasteiger partial charge in [0.2, 0.25) is 5.91 Å². The summed E-state index contributed by atoms with van der Waals surface area (Å²) in [7, 11) is 0. The maximum absolute atomic E-state index is 12.5. The Labute approximate surface area is 158 Å². The van der Waals surface area contributed by atoms with Gasteiger partial charge in [0.25, 0.3) is 0 Å². The van der Waals surface area contributed by atoms with Crippen LogP contribution >= 0.6 is 11.8 Å². The minimum atomic E-state index is 0.134. The molecule has 1 heterocycles. The highest BCUT2D eigenvalue weighted by molar-refractivity contribution is 7.99. The van der Waals surface area contributed by atoms with Gasteiger partial charge in [-0.1, -0.05) is 30.0 Å². The van der Waals surface area contributed by atoms with E-state index in [4.69, 9.17) is 0 Å². The second kappa shape index (κ2) is 6.72. The fourth-order valence-corrected chi connectivity index (χ4v) is 4.46. The molecule has 3 aliphatic carbocycles. The zero-order valence-electron chi connectivity index (χ0n) is 14.8. The summed E-state index contributed by atoms with van der Waals surface area (Å²) >= 11 is 1.50. The Morgan fingerprint density at radius 2 is 1.77 bits per heavy atom. The van der Waals surface area contributed by atoms with Crippen LogP contribution in [0.2, 0.25) is 0 Å². The quantitative estimate of drug-likeness (QED) is 0.724. The molecule has 3 fully saturated rings. The van der Waals surface area contributed by atoms with Gasteiger partial charge in [0, 0.05) is 17.6 Å². The minimum absolute atomic E-state index is 0.134. The number of hydrogen-bond donors (Lipinski definition) is 1. The highest BCUT2D eigenvalue weighted by Crippen LogP contribution is 2.44. The van der Waals surface area contributed by atoms with Crippen molar-refractivity contribution in [1.82, 2.24) is 20.1 Å². The van der Waals surface area contributed by atoms with E-state index in [1.54, 1.807) is 0 Å². The van der Waals surface area contributed by atoms with Gasteiger partial charge in [0.1, 0.15) is 5.82 Å². The normalized spacial score (nSPS) is 19.7. The van der Waals surface area contributed by atoms with E-state index >= 15 is 0 Å². The molecule has 1 amide bonds. The van der Waals surface area contributed by atoms with Crippen LogP contribution < -0.4 is 5.32 Å². The number of aromatic nitrogens is 3. The first-order valence-electron chi connectivity index (χ1n) is 9.72. The van der Waals surface area contributed by atoms with Crippen LogP contribution in [0, 0.1) is 11.8 Å². The van der Waals surface area contributed by atoms with Gasteiger partial charge in [-0.2, -0.15) is 0 Å². The number of thioether (sulfide) groups is 1. The van der Waals surface area contributed by atoms with Crippen molar-refractivity contribution >= 4 is 17.7 Å². The first kappa shape index (κ1) is 16.4. The summed E-state index contributed by atoms with van der Waals surface area (Å²) in [6.07, 6.45) is 7.48. The lowest BCUT2D eigenvalue weighted by Gasteiger charge is -2.17. The Hall–Kier alpha value is -1.82. The second-order valence-electron chi connectivity index (χ2n) is 7.84. The van der Waals surface area contributed by atoms with E-state index in [2.05, 4.69) is 32.2 Å². The number of hydrogen-bond acceptors (Lipinski definition) is 4. The number of nitrogens with zero attached hydrogens (tertiary/aromatic N) is 3. The molecule has 0 spiro atoms. The predicted octanol–water partition coefficient (Wildman–Crippen LogP) is 3.54. The molecule has 3 aliphatic rings. The van der Waals surface area contributed by atoms with Crippen LogP contribution in [0.5, 0.6) is 0 Å². The fraction of sp³-hybridized carbons (Fsp3) is 0.550. The van der Waals surface area contributed by atoms with Crippen LogP contribution in [0.1, 0.15) is 50.3 Å². The zero-order chi connectivity index (χ0) is 17.5. The molecule has 1 N–H and O–H groups in total. The van der Waals surface area contributed by atoms with Crippen molar-refractivity contribution in [3.63, 3.8) is 0 Å². The largest absolute Gasteiger partial charge is 0.352 e. The fourth-order valence-electron chi connectivity index (χ4n) is 3.69. The Morgan fingerprint density at radius 3 is 2.38 bits per heavy atom. The van der Waals surface area contributed by atoms with E-state index in [0.717, 1.165) is 28.5 Å². The topological polar surface area (TPSA) is 59.8 Å². The molecule has 26 heavy (non-hydrogen) atoms. The van der Waals surface area contributed by atoms with Crippen molar-refractivity contribution in [3.05, 3.63) is 36.2 Å². The SMILES string of the molecule is O=C(CSc1nnc(C2CC2)n1-c1ccccc1)NC(C1CC1)C1CC1. The van der Waals surface area contributed by atoms with E-state index in [0.29, 0.717) is 17.7 Å². The van der Waals surface area contributed by atoms with E-state index < -0.39 is 0 Å². The Morgan fingerprint density at radius 1 is 1.08 bits per heavy atom. The molecule has 0 bridgehead atoms. The van der Waals surface area contributed by atoms with Gasteiger partial charge < -0.3 is 5.32 Å². The molecule has 0 saturated heterocycles. The summed E-state index contributed by atoms with van der Waals surface area (Å²) in [6, 6.07) is 10.6. The number of amides is 1. The van der Waals surface area contributed by atoms with Gasteiger partial charge in [0.05, 0.1) is 5.75 Å². The molecule has 6 heteroatoms. The average molecular weight is 369 g/mol. The molecule has 1 aromatic heterocycles. The molecule has 5 rings (SSSR count). The molecule has 5 nitrogen and oxygen atoms in total. The van der Waals surface area contributed by atoms with E-state index in [1.165, 1.54) is 50.3 Å². The summed E-state index contributed by atoms with van der Waals surface area (Å²) < 4.78 is 2.13. The molecule has 136 valence electrons. The van der Waals surface area contributed by atoms with Crippen molar-refractivity contribution in [1.29, 1.82) is 0 Å². The molecule has 1 aromatic carbocycles. The molecule has 0 aliphatic heterocycles. The predicted molar refractivity (Wildman–Crippen MR) is 101 cm³/mol. The average Bonchev–Trinajstić information content (AvgIpc) is 3.53. The Balaban J connectivity index is 1.29. The standard InChI is InChI=1S/C20H24N4OS/c25-17(21-18(13-6-7-13)14-8-9-14)12-26-20-23-22-19(15-10-11-15)24(20)16-4-2-1-3-5-16/h1-5,13-15,18H,6-12H2,(H,21,25). The van der Waals surface area contributed by atoms with Crippen molar-refractivity contribution in [3.8, 4) is 5.69 Å². The molecule has 2 aromatic rings. The molecular weight excluding hydrogens is 344 g/mol. The third-order valence-corrected chi connectivity index (χ3v) is 6.46. The van der Waals surface area contributed by atoms with Crippen LogP contribution in [-0.2, 0) is 4.79 Å². The van der Waals surface area contributed by atoms with Crippen molar-refractivity contribution in [2.75, 3.05) is 5.75 Å². The molecule has 0 atom stereocenters. The van der Waals surface area contributed by atoms with Gasteiger partial charge in [-0.25, -0.2) is 0 Å². The number of para-hydroxylation sites is 1. The third-order valence-electron chi connectivity index (χ3n) is 5.54. The van der Waals surface area contributed by atoms with Crippen molar-refractivity contribution in [2.24, 2.45) is 11.8 Å². The zero-order valence-corrected chi connectivity index (χ0v) is 15.6. The maximum Gasteiger partial charge on any atom is 0.230 e.